The molecule has 1 unspecified atom stereocenters. The molecule has 2 rings (SSSR count). The summed E-state index contributed by atoms with van der Waals surface area (Å²) in [5.74, 6) is 0.838. The lowest BCUT2D eigenvalue weighted by molar-refractivity contribution is 0.411. The van der Waals surface area contributed by atoms with Gasteiger partial charge in [0.15, 0.2) is 0 Å². The number of ether oxygens (including phenoxy) is 1. The molecule has 21 heavy (non-hydrogen) atoms. The van der Waals surface area contributed by atoms with Gasteiger partial charge in [0, 0.05) is 17.1 Å². The van der Waals surface area contributed by atoms with Gasteiger partial charge in [-0.25, -0.2) is 0 Å². The third kappa shape index (κ3) is 4.00. The molecule has 4 heteroatoms. The zero-order valence-corrected chi connectivity index (χ0v) is 14.7. The Labute approximate surface area is 139 Å². The van der Waals surface area contributed by atoms with Crippen molar-refractivity contribution in [2.24, 2.45) is 0 Å². The summed E-state index contributed by atoms with van der Waals surface area (Å²) in [6, 6.07) is 14.4. The van der Waals surface area contributed by atoms with Crippen molar-refractivity contribution in [1.29, 1.82) is 0 Å². The Morgan fingerprint density at radius 3 is 2.43 bits per heavy atom. The Bertz CT molecular complexity index is 617. The lowest BCUT2D eigenvalue weighted by Crippen LogP contribution is -2.22. The summed E-state index contributed by atoms with van der Waals surface area (Å²) in [4.78, 5) is 0. The summed E-state index contributed by atoms with van der Waals surface area (Å²) in [6.45, 7) is 4.26. The second-order valence-corrected chi connectivity index (χ2v) is 6.29. The quantitative estimate of drug-likeness (QED) is 0.750. The first-order chi connectivity index (χ1) is 10.0. The average molecular weight is 369 g/mol. The van der Waals surface area contributed by atoms with Gasteiger partial charge in [-0.1, -0.05) is 35.9 Å². The Kier molecular flexibility index (Phi) is 5.68. The molecule has 0 bridgehead atoms. The van der Waals surface area contributed by atoms with Crippen LogP contribution < -0.4 is 10.1 Å². The number of nitrogens with one attached hydrogen (secondary N) is 1. The van der Waals surface area contributed by atoms with Crippen LogP contribution in [0.2, 0.25) is 5.02 Å². The summed E-state index contributed by atoms with van der Waals surface area (Å²) in [5.41, 5.74) is 2.31. The maximum Gasteiger partial charge on any atom is 0.133 e. The Morgan fingerprint density at radius 1 is 1.10 bits per heavy atom. The van der Waals surface area contributed by atoms with E-state index in [-0.39, 0.29) is 12.1 Å². The van der Waals surface area contributed by atoms with Gasteiger partial charge in [-0.15, -0.1) is 0 Å². The number of hydrogen-bond donors (Lipinski definition) is 1. The molecule has 0 spiro atoms. The Balaban J connectivity index is 2.12. The predicted octanol–water partition coefficient (Wildman–Crippen LogP) is 5.52. The molecule has 1 N–H and O–H groups in total. The second-order valence-electron chi connectivity index (χ2n) is 5.03. The van der Waals surface area contributed by atoms with Crippen LogP contribution in [0.15, 0.2) is 46.9 Å². The highest BCUT2D eigenvalue weighted by Crippen LogP contribution is 2.30. The minimum absolute atomic E-state index is 0.176. The van der Waals surface area contributed by atoms with Crippen LogP contribution in [0.4, 0.5) is 0 Å². The van der Waals surface area contributed by atoms with E-state index in [1.54, 1.807) is 7.11 Å². The first kappa shape index (κ1) is 16.3. The van der Waals surface area contributed by atoms with Crippen molar-refractivity contribution in [3.8, 4) is 5.75 Å². The Morgan fingerprint density at radius 2 is 1.81 bits per heavy atom. The van der Waals surface area contributed by atoms with E-state index in [9.17, 15) is 0 Å². The fourth-order valence-electron chi connectivity index (χ4n) is 2.34. The normalized spacial score (nSPS) is 13.8. The molecule has 0 aliphatic carbocycles. The molecular formula is C17H19BrClNO. The standard InChI is InChI=1S/C17H19BrClNO/c1-11(13-8-9-17(21-3)15(18)10-13)20-12(2)14-6-4-5-7-16(14)19/h4-12,20H,1-3H3/t11?,12-/m1/s1. The van der Waals surface area contributed by atoms with E-state index in [0.717, 1.165) is 20.8 Å². The second kappa shape index (κ2) is 7.30. The number of halogens is 2. The van der Waals surface area contributed by atoms with Gasteiger partial charge in [0.2, 0.25) is 0 Å². The first-order valence-corrected chi connectivity index (χ1v) is 8.04. The van der Waals surface area contributed by atoms with Gasteiger partial charge < -0.3 is 10.1 Å². The van der Waals surface area contributed by atoms with Crippen LogP contribution in [0, 0.1) is 0 Å². The number of hydrogen-bond acceptors (Lipinski definition) is 2. The molecule has 0 amide bonds. The molecule has 0 saturated carbocycles. The topological polar surface area (TPSA) is 21.3 Å². The van der Waals surface area contributed by atoms with Crippen LogP contribution in [0.3, 0.4) is 0 Å². The monoisotopic (exact) mass is 367 g/mol. The highest BCUT2D eigenvalue weighted by Gasteiger charge is 2.14. The molecule has 0 aliphatic heterocycles. The van der Waals surface area contributed by atoms with Crippen LogP contribution in [0.25, 0.3) is 0 Å². The molecule has 2 aromatic rings. The smallest absolute Gasteiger partial charge is 0.133 e. The summed E-state index contributed by atoms with van der Waals surface area (Å²) in [7, 11) is 1.67. The van der Waals surface area contributed by atoms with Crippen LogP contribution in [-0.4, -0.2) is 7.11 Å². The van der Waals surface area contributed by atoms with E-state index in [1.165, 1.54) is 5.56 Å². The van der Waals surface area contributed by atoms with E-state index in [2.05, 4.69) is 53.3 Å². The van der Waals surface area contributed by atoms with Crippen LogP contribution in [0.5, 0.6) is 5.75 Å². The lowest BCUT2D eigenvalue weighted by Gasteiger charge is -2.22. The number of methoxy groups -OCH3 is 1. The molecule has 0 saturated heterocycles. The maximum absolute atomic E-state index is 6.25. The number of benzene rings is 2. The van der Waals surface area contributed by atoms with E-state index in [1.807, 2.05) is 24.3 Å². The molecule has 2 nitrogen and oxygen atoms in total. The molecule has 0 aromatic heterocycles. The Hall–Kier alpha value is -1.03. The predicted molar refractivity (Wildman–Crippen MR) is 92.1 cm³/mol. The van der Waals surface area contributed by atoms with Gasteiger partial charge in [0.05, 0.1) is 11.6 Å². The first-order valence-electron chi connectivity index (χ1n) is 6.87. The zero-order valence-electron chi connectivity index (χ0n) is 12.4. The SMILES string of the molecule is COc1ccc(C(C)N[C@H](C)c2ccccc2Cl)cc1Br. The van der Waals surface area contributed by atoms with Crippen molar-refractivity contribution in [1.82, 2.24) is 5.32 Å². The fraction of sp³-hybridized carbons (Fsp3) is 0.294. The third-order valence-electron chi connectivity index (χ3n) is 3.55. The van der Waals surface area contributed by atoms with E-state index in [0.29, 0.717) is 0 Å². The highest BCUT2D eigenvalue weighted by molar-refractivity contribution is 9.10. The van der Waals surface area contributed by atoms with Gasteiger partial charge in [-0.05, 0) is 59.1 Å². The molecule has 2 aromatic carbocycles. The zero-order chi connectivity index (χ0) is 15.4. The van der Waals surface area contributed by atoms with E-state index >= 15 is 0 Å². The summed E-state index contributed by atoms with van der Waals surface area (Å²) in [5, 5.41) is 4.36. The van der Waals surface area contributed by atoms with Gasteiger partial charge in [-0.3, -0.25) is 0 Å². The van der Waals surface area contributed by atoms with Crippen molar-refractivity contribution in [3.05, 3.63) is 63.1 Å². The molecule has 0 radical (unpaired) electrons. The molecule has 0 fully saturated rings. The van der Waals surface area contributed by atoms with Crippen molar-refractivity contribution in [2.75, 3.05) is 7.11 Å². The minimum Gasteiger partial charge on any atom is -0.496 e. The lowest BCUT2D eigenvalue weighted by atomic mass is 10.0. The molecular weight excluding hydrogens is 350 g/mol. The highest BCUT2D eigenvalue weighted by atomic mass is 79.9. The van der Waals surface area contributed by atoms with Crippen molar-refractivity contribution >= 4 is 27.5 Å². The molecule has 2 atom stereocenters. The van der Waals surface area contributed by atoms with Crippen molar-refractivity contribution in [3.63, 3.8) is 0 Å². The molecule has 0 heterocycles. The minimum atomic E-state index is 0.176. The van der Waals surface area contributed by atoms with Gasteiger partial charge in [-0.2, -0.15) is 0 Å². The largest absolute Gasteiger partial charge is 0.496 e. The third-order valence-corrected chi connectivity index (χ3v) is 4.51. The van der Waals surface area contributed by atoms with E-state index < -0.39 is 0 Å². The number of rotatable bonds is 5. The van der Waals surface area contributed by atoms with Gasteiger partial charge >= 0.3 is 0 Å². The van der Waals surface area contributed by atoms with Gasteiger partial charge in [0.1, 0.15) is 5.75 Å². The molecule has 112 valence electrons. The molecule has 0 aliphatic rings. The van der Waals surface area contributed by atoms with Crippen LogP contribution in [0.1, 0.15) is 37.1 Å². The fourth-order valence-corrected chi connectivity index (χ4v) is 3.20. The van der Waals surface area contributed by atoms with Crippen LogP contribution >= 0.6 is 27.5 Å². The summed E-state index contributed by atoms with van der Waals surface area (Å²) in [6.07, 6.45) is 0. The van der Waals surface area contributed by atoms with Crippen molar-refractivity contribution < 1.29 is 4.74 Å². The summed E-state index contributed by atoms with van der Waals surface area (Å²) >= 11 is 9.77. The van der Waals surface area contributed by atoms with Crippen molar-refractivity contribution in [2.45, 2.75) is 25.9 Å². The maximum atomic E-state index is 6.25. The average Bonchev–Trinajstić information content (AvgIpc) is 2.47. The summed E-state index contributed by atoms with van der Waals surface area (Å²) < 4.78 is 6.22. The van der Waals surface area contributed by atoms with E-state index in [4.69, 9.17) is 16.3 Å². The van der Waals surface area contributed by atoms with Crippen LogP contribution in [-0.2, 0) is 0 Å². The van der Waals surface area contributed by atoms with Gasteiger partial charge in [0.25, 0.3) is 0 Å².